The average Bonchev–Trinajstić information content (AvgIpc) is 2.79. The van der Waals surface area contributed by atoms with Crippen molar-refractivity contribution in [2.75, 3.05) is 4.90 Å². The van der Waals surface area contributed by atoms with Crippen LogP contribution in [0.25, 0.3) is 5.65 Å². The molecule has 0 saturated heterocycles. The van der Waals surface area contributed by atoms with Gasteiger partial charge in [-0.25, -0.2) is 14.6 Å². The summed E-state index contributed by atoms with van der Waals surface area (Å²) in [6.45, 7) is 10.1. The Kier molecular flexibility index (Phi) is 5.03. The smallest absolute Gasteiger partial charge is 0.427 e. The number of carbonyl (C=O) groups is 2. The van der Waals surface area contributed by atoms with E-state index in [2.05, 4.69) is 31.0 Å². The maximum absolute atomic E-state index is 12.5. The Morgan fingerprint density at radius 1 is 1.08 bits per heavy atom. The maximum atomic E-state index is 12.5. The summed E-state index contributed by atoms with van der Waals surface area (Å²) in [4.78, 5) is 33.9. The molecule has 2 aromatic heterocycles. The largest absolute Gasteiger partial charge is 0.443 e. The van der Waals surface area contributed by atoms with Crippen molar-refractivity contribution in [3.8, 4) is 0 Å². The third-order valence-corrected chi connectivity index (χ3v) is 3.09. The van der Waals surface area contributed by atoms with Crippen LogP contribution in [-0.4, -0.2) is 43.0 Å². The van der Waals surface area contributed by atoms with Gasteiger partial charge in [-0.2, -0.15) is 9.50 Å². The monoisotopic (exact) mass is 413 g/mol. The molecular weight excluding hydrogens is 394 g/mol. The minimum absolute atomic E-state index is 0.169. The number of ether oxygens (including phenoxy) is 2. The number of amides is 2. The third-order valence-electron chi connectivity index (χ3n) is 2.55. The molecule has 0 bridgehead atoms. The zero-order valence-corrected chi connectivity index (χ0v) is 16.5. The van der Waals surface area contributed by atoms with Gasteiger partial charge >= 0.3 is 12.2 Å². The summed E-state index contributed by atoms with van der Waals surface area (Å²) in [5, 5.41) is 4.14. The van der Waals surface area contributed by atoms with Crippen LogP contribution >= 0.6 is 15.9 Å². The molecule has 0 saturated carbocycles. The van der Waals surface area contributed by atoms with Crippen LogP contribution in [0.1, 0.15) is 41.5 Å². The molecule has 2 heterocycles. The lowest BCUT2D eigenvalue weighted by Crippen LogP contribution is -2.44. The normalized spacial score (nSPS) is 12.1. The van der Waals surface area contributed by atoms with Crippen LogP contribution in [0.5, 0.6) is 0 Å². The van der Waals surface area contributed by atoms with Crippen LogP contribution in [0.2, 0.25) is 0 Å². The summed E-state index contributed by atoms with van der Waals surface area (Å²) >= 11 is 3.23. The van der Waals surface area contributed by atoms with E-state index in [0.29, 0.717) is 15.3 Å². The summed E-state index contributed by atoms with van der Waals surface area (Å²) < 4.78 is 12.3. The number of carbonyl (C=O) groups excluding carboxylic acids is 2. The first-order chi connectivity index (χ1) is 11.4. The Hall–Kier alpha value is -2.23. The fourth-order valence-corrected chi connectivity index (χ4v) is 2.10. The van der Waals surface area contributed by atoms with Crippen LogP contribution in [0, 0.1) is 0 Å². The van der Waals surface area contributed by atoms with Gasteiger partial charge in [0.25, 0.3) is 5.95 Å². The van der Waals surface area contributed by atoms with Crippen LogP contribution in [0.15, 0.2) is 17.0 Å². The van der Waals surface area contributed by atoms with Crippen LogP contribution < -0.4 is 4.90 Å². The van der Waals surface area contributed by atoms with Gasteiger partial charge in [-0.15, -0.1) is 10.00 Å². The fourth-order valence-electron chi connectivity index (χ4n) is 1.72. The number of fused-ring (bicyclic) bond motifs is 1. The van der Waals surface area contributed by atoms with E-state index in [0.717, 1.165) is 0 Å². The fraction of sp³-hybridized carbons (Fsp3) is 0.533. The minimum atomic E-state index is -0.929. The van der Waals surface area contributed by atoms with Gasteiger partial charge in [0.05, 0.1) is 0 Å². The second kappa shape index (κ2) is 6.58. The van der Waals surface area contributed by atoms with Crippen molar-refractivity contribution in [3.63, 3.8) is 0 Å². The molecule has 0 unspecified atom stereocenters. The number of rotatable bonds is 1. The molecule has 10 heteroatoms. The van der Waals surface area contributed by atoms with E-state index >= 15 is 0 Å². The Labute approximate surface area is 153 Å². The van der Waals surface area contributed by atoms with E-state index in [1.165, 1.54) is 10.7 Å². The molecule has 2 amide bonds. The topological polar surface area (TPSA) is 98.9 Å². The van der Waals surface area contributed by atoms with Gasteiger partial charge in [0.1, 0.15) is 11.2 Å². The quantitative estimate of drug-likeness (QED) is 0.658. The number of imide groups is 1. The molecule has 25 heavy (non-hydrogen) atoms. The van der Waals surface area contributed by atoms with Crippen molar-refractivity contribution in [2.24, 2.45) is 0 Å². The van der Waals surface area contributed by atoms with Crippen molar-refractivity contribution in [1.29, 1.82) is 0 Å². The highest BCUT2D eigenvalue weighted by atomic mass is 79.9. The zero-order valence-electron chi connectivity index (χ0n) is 14.9. The predicted octanol–water partition coefficient (Wildman–Crippen LogP) is 3.56. The molecule has 0 aliphatic rings. The van der Waals surface area contributed by atoms with E-state index in [9.17, 15) is 9.59 Å². The number of halogens is 1. The summed E-state index contributed by atoms with van der Waals surface area (Å²) in [6, 6.07) is 1.59. The predicted molar refractivity (Wildman–Crippen MR) is 93.4 cm³/mol. The van der Waals surface area contributed by atoms with Gasteiger partial charge in [-0.05, 0) is 57.5 Å². The summed E-state index contributed by atoms with van der Waals surface area (Å²) in [7, 11) is 0. The molecule has 2 aromatic rings. The maximum Gasteiger partial charge on any atom is 0.427 e. The van der Waals surface area contributed by atoms with E-state index in [1.54, 1.807) is 47.6 Å². The Balaban J connectivity index is 2.47. The molecule has 9 nitrogen and oxygen atoms in total. The molecule has 0 radical (unpaired) electrons. The van der Waals surface area contributed by atoms with Crippen molar-refractivity contribution >= 4 is 39.7 Å². The molecule has 136 valence electrons. The van der Waals surface area contributed by atoms with E-state index < -0.39 is 23.4 Å². The lowest BCUT2D eigenvalue weighted by atomic mass is 10.2. The van der Waals surface area contributed by atoms with E-state index in [4.69, 9.17) is 9.47 Å². The number of aromatic nitrogens is 4. The van der Waals surface area contributed by atoms with E-state index in [1.807, 2.05) is 0 Å². The van der Waals surface area contributed by atoms with Crippen LogP contribution in [0.3, 0.4) is 0 Å². The van der Waals surface area contributed by atoms with Crippen molar-refractivity contribution < 1.29 is 19.1 Å². The molecular formula is C15H20BrN5O4. The highest BCUT2D eigenvalue weighted by molar-refractivity contribution is 9.10. The van der Waals surface area contributed by atoms with Gasteiger partial charge in [-0.1, -0.05) is 0 Å². The molecule has 0 aliphatic carbocycles. The molecule has 0 atom stereocenters. The van der Waals surface area contributed by atoms with Crippen LogP contribution in [-0.2, 0) is 9.47 Å². The molecule has 0 N–H and O–H groups in total. The Morgan fingerprint density at radius 2 is 1.60 bits per heavy atom. The molecule has 0 spiro atoms. The number of hydrogen-bond acceptors (Lipinski definition) is 7. The first kappa shape index (κ1) is 19.1. The van der Waals surface area contributed by atoms with Crippen molar-refractivity contribution in [2.45, 2.75) is 52.7 Å². The second-order valence-corrected chi connectivity index (χ2v) is 7.90. The second-order valence-electron chi connectivity index (χ2n) is 7.19. The van der Waals surface area contributed by atoms with Crippen molar-refractivity contribution in [3.05, 3.63) is 17.0 Å². The first-order valence-corrected chi connectivity index (χ1v) is 8.30. The molecule has 0 fully saturated rings. The van der Waals surface area contributed by atoms with Gasteiger partial charge in [0.2, 0.25) is 0 Å². The Bertz CT molecular complexity index is 778. The summed E-state index contributed by atoms with van der Waals surface area (Å²) in [6.07, 6.45) is -0.341. The van der Waals surface area contributed by atoms with Crippen molar-refractivity contribution in [1.82, 2.24) is 19.6 Å². The van der Waals surface area contributed by atoms with E-state index in [-0.39, 0.29) is 5.95 Å². The lowest BCUT2D eigenvalue weighted by molar-refractivity contribution is 0.0427. The van der Waals surface area contributed by atoms with Gasteiger partial charge in [0.15, 0.2) is 10.4 Å². The SMILES string of the molecule is CC(C)(C)OC(=O)N(C(=O)OC(C)(C)C)c1nc2ccnc(Br)n2n1. The highest BCUT2D eigenvalue weighted by Crippen LogP contribution is 2.20. The number of hydrogen-bond donors (Lipinski definition) is 0. The summed E-state index contributed by atoms with van der Waals surface area (Å²) in [5.74, 6) is -0.169. The average molecular weight is 414 g/mol. The molecule has 2 rings (SSSR count). The van der Waals surface area contributed by atoms with Gasteiger partial charge in [-0.3, -0.25) is 0 Å². The Morgan fingerprint density at radius 3 is 2.04 bits per heavy atom. The number of anilines is 1. The zero-order chi connectivity index (χ0) is 19.0. The molecule has 0 aromatic carbocycles. The van der Waals surface area contributed by atoms with Gasteiger partial charge < -0.3 is 9.47 Å². The molecule has 0 aliphatic heterocycles. The first-order valence-electron chi connectivity index (χ1n) is 7.51. The minimum Gasteiger partial charge on any atom is -0.443 e. The van der Waals surface area contributed by atoms with Gasteiger partial charge in [0, 0.05) is 12.3 Å². The highest BCUT2D eigenvalue weighted by Gasteiger charge is 2.35. The lowest BCUT2D eigenvalue weighted by Gasteiger charge is -2.26. The number of nitrogens with zero attached hydrogens (tertiary/aromatic N) is 5. The third kappa shape index (κ3) is 4.88. The summed E-state index contributed by atoms with van der Waals surface area (Å²) in [5.41, 5.74) is -1.22. The standard InChI is InChI=1S/C15H20BrN5O4/c1-14(2,3)24-12(22)20(13(23)25-15(4,5)6)11-18-9-7-8-17-10(16)21(9)19-11/h7-8H,1-6H3. The van der Waals surface area contributed by atoms with Crippen LogP contribution in [0.4, 0.5) is 15.5 Å².